The third kappa shape index (κ3) is 5.38. The number of hydrogen-bond donors (Lipinski definition) is 8. The Morgan fingerprint density at radius 3 is 2.37 bits per heavy atom. The summed E-state index contributed by atoms with van der Waals surface area (Å²) in [5.74, 6) is -0.259. The van der Waals surface area contributed by atoms with Crippen molar-refractivity contribution in [3.8, 4) is 11.5 Å². The minimum atomic E-state index is -1.86. The molecule has 0 unspecified atom stereocenters. The van der Waals surface area contributed by atoms with E-state index in [1.54, 1.807) is 20.3 Å². The van der Waals surface area contributed by atoms with Gasteiger partial charge in [0.1, 0.15) is 30.0 Å². The van der Waals surface area contributed by atoms with Crippen molar-refractivity contribution in [3.63, 3.8) is 0 Å². The quantitative estimate of drug-likeness (QED) is 0.149. The van der Waals surface area contributed by atoms with Gasteiger partial charge in [0.05, 0.1) is 46.2 Å². The van der Waals surface area contributed by atoms with Crippen molar-refractivity contribution in [2.75, 3.05) is 40.6 Å². The molecule has 0 radical (unpaired) electrons. The normalized spacial score (nSPS) is 41.1. The number of benzene rings is 1. The van der Waals surface area contributed by atoms with Gasteiger partial charge in [0, 0.05) is 5.92 Å². The third-order valence-electron chi connectivity index (χ3n) is 7.98. The molecule has 0 amide bonds. The largest absolute Gasteiger partial charge is 0.493 e. The maximum Gasteiger partial charge on any atom is 0.189 e. The fourth-order valence-corrected chi connectivity index (χ4v) is 5.89. The Balaban J connectivity index is 1.47. The Labute approximate surface area is 220 Å². The summed E-state index contributed by atoms with van der Waals surface area (Å²) >= 11 is 0. The molecular formula is C25H39NO12. The summed E-state index contributed by atoms with van der Waals surface area (Å²) in [6, 6.07) is 4.58. The number of hydrogen-bond acceptors (Lipinski definition) is 13. The Morgan fingerprint density at radius 1 is 0.974 bits per heavy atom. The van der Waals surface area contributed by atoms with Crippen LogP contribution in [0.4, 0.5) is 0 Å². The van der Waals surface area contributed by atoms with Gasteiger partial charge in [-0.1, -0.05) is 6.07 Å². The molecule has 13 heteroatoms. The van der Waals surface area contributed by atoms with Crippen molar-refractivity contribution in [2.45, 2.75) is 67.6 Å². The van der Waals surface area contributed by atoms with Crippen LogP contribution >= 0.6 is 0 Å². The Bertz CT molecular complexity index is 920. The van der Waals surface area contributed by atoms with Gasteiger partial charge >= 0.3 is 0 Å². The summed E-state index contributed by atoms with van der Waals surface area (Å²) in [6.45, 7) is -0.816. The molecule has 0 bridgehead atoms. The topological polar surface area (TPSA) is 200 Å². The molecule has 216 valence electrons. The van der Waals surface area contributed by atoms with E-state index in [-0.39, 0.29) is 6.61 Å². The second kappa shape index (κ2) is 12.3. The number of aliphatic hydroxyl groups is 7. The molecule has 3 fully saturated rings. The number of rotatable bonds is 10. The smallest absolute Gasteiger partial charge is 0.189 e. The van der Waals surface area contributed by atoms with Crippen LogP contribution in [0.1, 0.15) is 12.0 Å². The molecular weight excluding hydrogens is 506 g/mol. The molecule has 1 aliphatic carbocycles. The van der Waals surface area contributed by atoms with E-state index < -0.39 is 79.8 Å². The molecule has 2 aliphatic heterocycles. The summed E-state index contributed by atoms with van der Waals surface area (Å²) in [5.41, 5.74) is -0.930. The van der Waals surface area contributed by atoms with Crippen molar-refractivity contribution < 1.29 is 59.4 Å². The van der Waals surface area contributed by atoms with Gasteiger partial charge in [0.2, 0.25) is 0 Å². The van der Waals surface area contributed by atoms with Crippen LogP contribution in [0.25, 0.3) is 0 Å². The zero-order chi connectivity index (χ0) is 27.6. The van der Waals surface area contributed by atoms with Crippen LogP contribution in [-0.2, 0) is 20.6 Å². The number of ether oxygens (including phenoxy) is 5. The first-order valence-electron chi connectivity index (χ1n) is 12.7. The second-order valence-corrected chi connectivity index (χ2v) is 10.1. The number of methoxy groups -OCH3 is 2. The van der Waals surface area contributed by atoms with E-state index in [0.717, 1.165) is 5.56 Å². The van der Waals surface area contributed by atoms with Gasteiger partial charge in [-0.05, 0) is 43.0 Å². The fourth-order valence-electron chi connectivity index (χ4n) is 5.89. The fraction of sp³-hybridized carbons (Fsp3) is 0.760. The third-order valence-corrected chi connectivity index (χ3v) is 7.98. The molecule has 1 aromatic carbocycles. The zero-order valence-electron chi connectivity index (χ0n) is 21.4. The van der Waals surface area contributed by atoms with Crippen LogP contribution in [-0.4, -0.2) is 131 Å². The van der Waals surface area contributed by atoms with Crippen molar-refractivity contribution in [2.24, 2.45) is 11.8 Å². The van der Waals surface area contributed by atoms with Crippen LogP contribution in [0.3, 0.4) is 0 Å². The van der Waals surface area contributed by atoms with Crippen molar-refractivity contribution in [1.82, 2.24) is 5.32 Å². The number of nitrogens with one attached hydrogen (secondary N) is 1. The van der Waals surface area contributed by atoms with Gasteiger partial charge in [-0.2, -0.15) is 0 Å². The van der Waals surface area contributed by atoms with Gasteiger partial charge in [0.15, 0.2) is 24.1 Å². The highest BCUT2D eigenvalue weighted by atomic mass is 16.8. The first-order chi connectivity index (χ1) is 18.2. The summed E-state index contributed by atoms with van der Waals surface area (Å²) in [4.78, 5) is 0. The SMILES string of the molecule is COc1ccc(CCN[C@H]2[C@@H](O)[C@H]3CCO[C@@H](O[C@H]4O[C@H](CO)[C@@H](O)[C@H](O)[C@H]4O)[C@@H]3[C@@]2(O)CO)cc1OC. The molecule has 0 aromatic heterocycles. The highest BCUT2D eigenvalue weighted by Gasteiger charge is 2.64. The molecule has 13 nitrogen and oxygen atoms in total. The Kier molecular flexibility index (Phi) is 9.48. The lowest BCUT2D eigenvalue weighted by Gasteiger charge is -2.45. The number of fused-ring (bicyclic) bond motifs is 1. The van der Waals surface area contributed by atoms with E-state index in [1.165, 1.54) is 0 Å². The zero-order valence-corrected chi connectivity index (χ0v) is 21.4. The predicted molar refractivity (Wildman–Crippen MR) is 129 cm³/mol. The predicted octanol–water partition coefficient (Wildman–Crippen LogP) is -2.90. The van der Waals surface area contributed by atoms with Gasteiger partial charge in [-0.25, -0.2) is 0 Å². The summed E-state index contributed by atoms with van der Waals surface area (Å²) in [7, 11) is 3.09. The molecule has 38 heavy (non-hydrogen) atoms. The molecule has 1 aromatic rings. The van der Waals surface area contributed by atoms with E-state index in [9.17, 15) is 35.7 Å². The van der Waals surface area contributed by atoms with Gasteiger partial charge in [-0.15, -0.1) is 0 Å². The lowest BCUT2D eigenvalue weighted by Crippen LogP contribution is -2.62. The first kappa shape index (κ1) is 29.4. The molecule has 8 N–H and O–H groups in total. The second-order valence-electron chi connectivity index (χ2n) is 10.1. The van der Waals surface area contributed by atoms with Crippen molar-refractivity contribution in [1.29, 1.82) is 0 Å². The van der Waals surface area contributed by atoms with Gasteiger partial charge in [-0.3, -0.25) is 0 Å². The first-order valence-corrected chi connectivity index (χ1v) is 12.7. The minimum Gasteiger partial charge on any atom is -0.493 e. The van der Waals surface area contributed by atoms with Crippen LogP contribution in [0.2, 0.25) is 0 Å². The lowest BCUT2D eigenvalue weighted by atomic mass is 9.81. The summed E-state index contributed by atoms with van der Waals surface area (Å²) < 4.78 is 27.6. The highest BCUT2D eigenvalue weighted by molar-refractivity contribution is 5.43. The standard InChI is InChI=1S/C25H39NO12/c1-34-14-4-3-12(9-15(14)35-2)5-7-26-22-18(29)13-6-8-36-23(17(13)25(22,33)11-28)38-24-21(32)20(31)19(30)16(10-27)37-24/h3-4,9,13,16-24,26-33H,5-8,10-11H2,1-2H3/t13-,16+,17+,18-,19+,20-,21+,22-,23-,24+,25-/m0/s1. The van der Waals surface area contributed by atoms with Crippen LogP contribution in [0.5, 0.6) is 11.5 Å². The monoisotopic (exact) mass is 545 g/mol. The van der Waals surface area contributed by atoms with Crippen molar-refractivity contribution >= 4 is 0 Å². The van der Waals surface area contributed by atoms with Crippen LogP contribution in [0, 0.1) is 11.8 Å². The molecule has 2 saturated heterocycles. The summed E-state index contributed by atoms with van der Waals surface area (Å²) in [6.07, 6.45) is -8.91. The van der Waals surface area contributed by atoms with E-state index in [0.29, 0.717) is 30.9 Å². The van der Waals surface area contributed by atoms with Crippen LogP contribution < -0.4 is 14.8 Å². The molecule has 0 spiro atoms. The molecule has 4 rings (SSSR count). The Hall–Kier alpha value is -1.62. The van der Waals surface area contributed by atoms with E-state index >= 15 is 0 Å². The maximum absolute atomic E-state index is 11.6. The van der Waals surface area contributed by atoms with Crippen LogP contribution in [0.15, 0.2) is 18.2 Å². The number of aliphatic hydroxyl groups excluding tert-OH is 6. The Morgan fingerprint density at radius 2 is 1.71 bits per heavy atom. The molecule has 11 atom stereocenters. The minimum absolute atomic E-state index is 0.167. The van der Waals surface area contributed by atoms with Gasteiger partial charge < -0.3 is 64.7 Å². The average molecular weight is 546 g/mol. The molecule has 2 heterocycles. The maximum atomic E-state index is 11.6. The van der Waals surface area contributed by atoms with E-state index in [1.807, 2.05) is 12.1 Å². The van der Waals surface area contributed by atoms with Gasteiger partial charge in [0.25, 0.3) is 0 Å². The summed E-state index contributed by atoms with van der Waals surface area (Å²) in [5, 5.41) is 76.3. The average Bonchev–Trinajstić information content (AvgIpc) is 3.16. The highest BCUT2D eigenvalue weighted by Crippen LogP contribution is 2.48. The lowest BCUT2D eigenvalue weighted by molar-refractivity contribution is -0.359. The molecule has 1 saturated carbocycles. The van der Waals surface area contributed by atoms with E-state index in [2.05, 4.69) is 5.32 Å². The molecule has 3 aliphatic rings. The van der Waals surface area contributed by atoms with Crippen molar-refractivity contribution in [3.05, 3.63) is 23.8 Å². The van der Waals surface area contributed by atoms with E-state index in [4.69, 9.17) is 23.7 Å².